The molecule has 1 atom stereocenters. The predicted octanol–water partition coefficient (Wildman–Crippen LogP) is 4.50. The SMILES string of the molecule is C=C(C(=O)O)C(F)(CC)CCCCCCCC. The van der Waals surface area contributed by atoms with Crippen LogP contribution in [-0.2, 0) is 4.79 Å². The van der Waals surface area contributed by atoms with Crippen LogP contribution in [-0.4, -0.2) is 16.7 Å². The summed E-state index contributed by atoms with van der Waals surface area (Å²) in [6.45, 7) is 7.18. The van der Waals surface area contributed by atoms with Crippen molar-refractivity contribution in [2.75, 3.05) is 0 Å². The number of rotatable bonds is 10. The van der Waals surface area contributed by atoms with Gasteiger partial charge in [-0.2, -0.15) is 0 Å². The van der Waals surface area contributed by atoms with Crippen molar-refractivity contribution in [2.24, 2.45) is 0 Å². The maximum absolute atomic E-state index is 14.3. The third kappa shape index (κ3) is 5.85. The number of carboxylic acid groups (broad SMARTS) is 1. The van der Waals surface area contributed by atoms with E-state index in [0.29, 0.717) is 0 Å². The van der Waals surface area contributed by atoms with Crippen LogP contribution in [0, 0.1) is 0 Å². The van der Waals surface area contributed by atoms with Crippen molar-refractivity contribution in [1.29, 1.82) is 0 Å². The Hall–Kier alpha value is -0.860. The molecule has 0 radical (unpaired) electrons. The van der Waals surface area contributed by atoms with E-state index in [1.807, 2.05) is 0 Å². The second kappa shape index (κ2) is 8.26. The van der Waals surface area contributed by atoms with E-state index in [0.717, 1.165) is 19.3 Å². The minimum Gasteiger partial charge on any atom is -0.478 e. The Labute approximate surface area is 104 Å². The Morgan fingerprint density at radius 2 is 1.71 bits per heavy atom. The molecule has 17 heavy (non-hydrogen) atoms. The van der Waals surface area contributed by atoms with E-state index in [1.54, 1.807) is 6.92 Å². The highest BCUT2D eigenvalue weighted by Gasteiger charge is 2.34. The smallest absolute Gasteiger partial charge is 0.334 e. The predicted molar refractivity (Wildman–Crippen MR) is 68.9 cm³/mol. The fourth-order valence-electron chi connectivity index (χ4n) is 1.92. The van der Waals surface area contributed by atoms with Gasteiger partial charge in [-0.3, -0.25) is 0 Å². The van der Waals surface area contributed by atoms with Crippen LogP contribution in [0.3, 0.4) is 0 Å². The lowest BCUT2D eigenvalue weighted by Gasteiger charge is -2.23. The molecule has 1 unspecified atom stereocenters. The summed E-state index contributed by atoms with van der Waals surface area (Å²) in [7, 11) is 0. The van der Waals surface area contributed by atoms with Crippen molar-refractivity contribution in [3.8, 4) is 0 Å². The Bertz CT molecular complexity index is 251. The fraction of sp³-hybridized carbons (Fsp3) is 0.786. The van der Waals surface area contributed by atoms with E-state index in [1.165, 1.54) is 19.3 Å². The summed E-state index contributed by atoms with van der Waals surface area (Å²) in [4.78, 5) is 10.7. The number of hydrogen-bond donors (Lipinski definition) is 1. The minimum atomic E-state index is -1.73. The second-order valence-corrected chi connectivity index (χ2v) is 4.62. The number of hydrogen-bond acceptors (Lipinski definition) is 1. The van der Waals surface area contributed by atoms with E-state index >= 15 is 0 Å². The van der Waals surface area contributed by atoms with Gasteiger partial charge in [0.2, 0.25) is 0 Å². The zero-order valence-electron chi connectivity index (χ0n) is 11.1. The topological polar surface area (TPSA) is 37.3 Å². The molecule has 3 heteroatoms. The van der Waals surface area contributed by atoms with Gasteiger partial charge in [0.1, 0.15) is 5.67 Å². The van der Waals surface area contributed by atoms with Gasteiger partial charge in [-0.05, 0) is 19.3 Å². The quantitative estimate of drug-likeness (QED) is 0.454. The maximum atomic E-state index is 14.3. The molecule has 0 heterocycles. The molecule has 0 spiro atoms. The second-order valence-electron chi connectivity index (χ2n) is 4.62. The van der Waals surface area contributed by atoms with Crippen molar-refractivity contribution < 1.29 is 14.3 Å². The first kappa shape index (κ1) is 16.1. The van der Waals surface area contributed by atoms with E-state index in [2.05, 4.69) is 13.5 Å². The first-order valence-electron chi connectivity index (χ1n) is 6.59. The number of alkyl halides is 1. The average Bonchev–Trinajstić information content (AvgIpc) is 2.32. The first-order valence-corrected chi connectivity index (χ1v) is 6.59. The largest absolute Gasteiger partial charge is 0.478 e. The molecule has 0 aliphatic carbocycles. The van der Waals surface area contributed by atoms with E-state index in [4.69, 9.17) is 5.11 Å². The number of carboxylic acids is 1. The molecule has 0 saturated carbocycles. The van der Waals surface area contributed by atoms with Crippen molar-refractivity contribution >= 4 is 5.97 Å². The molecular formula is C14H25FO2. The van der Waals surface area contributed by atoms with Crippen LogP contribution < -0.4 is 0 Å². The highest BCUT2D eigenvalue weighted by Crippen LogP contribution is 2.31. The molecular weight excluding hydrogens is 219 g/mol. The summed E-state index contributed by atoms with van der Waals surface area (Å²) < 4.78 is 14.3. The third-order valence-electron chi connectivity index (χ3n) is 3.29. The molecule has 2 nitrogen and oxygen atoms in total. The van der Waals surface area contributed by atoms with Gasteiger partial charge in [-0.25, -0.2) is 9.18 Å². The van der Waals surface area contributed by atoms with Gasteiger partial charge < -0.3 is 5.11 Å². The van der Waals surface area contributed by atoms with Gasteiger partial charge in [0.05, 0.1) is 5.57 Å². The van der Waals surface area contributed by atoms with Crippen molar-refractivity contribution in [1.82, 2.24) is 0 Å². The van der Waals surface area contributed by atoms with Crippen LogP contribution in [0.5, 0.6) is 0 Å². The Balaban J connectivity index is 3.96. The number of unbranched alkanes of at least 4 members (excludes halogenated alkanes) is 5. The van der Waals surface area contributed by atoms with Crippen LogP contribution in [0.2, 0.25) is 0 Å². The molecule has 0 aromatic heterocycles. The lowest BCUT2D eigenvalue weighted by Crippen LogP contribution is -2.28. The standard InChI is InChI=1S/C14H25FO2/c1-4-6-7-8-9-10-11-14(15,5-2)12(3)13(16)17/h3-11H2,1-2H3,(H,16,17). The van der Waals surface area contributed by atoms with Gasteiger partial charge in [-0.1, -0.05) is 52.5 Å². The Kier molecular flexibility index (Phi) is 7.85. The third-order valence-corrected chi connectivity index (χ3v) is 3.29. The summed E-state index contributed by atoms with van der Waals surface area (Å²) in [5.41, 5.74) is -2.02. The summed E-state index contributed by atoms with van der Waals surface area (Å²) in [6.07, 6.45) is 6.87. The summed E-state index contributed by atoms with van der Waals surface area (Å²) in [6, 6.07) is 0. The van der Waals surface area contributed by atoms with Crippen LogP contribution >= 0.6 is 0 Å². The monoisotopic (exact) mass is 244 g/mol. The van der Waals surface area contributed by atoms with E-state index in [-0.39, 0.29) is 18.4 Å². The molecule has 0 bridgehead atoms. The lowest BCUT2D eigenvalue weighted by atomic mass is 9.88. The summed E-state index contributed by atoms with van der Waals surface area (Å²) in [5, 5.41) is 8.78. The van der Waals surface area contributed by atoms with Crippen LogP contribution in [0.25, 0.3) is 0 Å². The molecule has 0 aliphatic rings. The molecule has 0 aromatic rings. The minimum absolute atomic E-state index is 0.188. The Morgan fingerprint density at radius 3 is 2.18 bits per heavy atom. The maximum Gasteiger partial charge on any atom is 0.334 e. The van der Waals surface area contributed by atoms with Crippen molar-refractivity contribution in [2.45, 2.75) is 70.9 Å². The van der Waals surface area contributed by atoms with Gasteiger partial charge in [-0.15, -0.1) is 0 Å². The zero-order valence-corrected chi connectivity index (χ0v) is 11.1. The van der Waals surface area contributed by atoms with Gasteiger partial charge in [0.25, 0.3) is 0 Å². The molecule has 100 valence electrons. The van der Waals surface area contributed by atoms with Gasteiger partial charge >= 0.3 is 5.97 Å². The first-order chi connectivity index (χ1) is 7.98. The molecule has 1 N–H and O–H groups in total. The van der Waals surface area contributed by atoms with Crippen LogP contribution in [0.1, 0.15) is 65.2 Å². The Morgan fingerprint density at radius 1 is 1.18 bits per heavy atom. The number of aliphatic carboxylic acids is 1. The highest BCUT2D eigenvalue weighted by atomic mass is 19.1. The van der Waals surface area contributed by atoms with Crippen LogP contribution in [0.4, 0.5) is 4.39 Å². The number of carbonyl (C=O) groups is 1. The molecule has 0 amide bonds. The molecule has 0 fully saturated rings. The molecule has 0 saturated heterocycles. The van der Waals surface area contributed by atoms with Gasteiger partial charge in [0, 0.05) is 0 Å². The summed E-state index contributed by atoms with van der Waals surface area (Å²) >= 11 is 0. The molecule has 0 aromatic carbocycles. The van der Waals surface area contributed by atoms with Crippen molar-refractivity contribution in [3.05, 3.63) is 12.2 Å². The van der Waals surface area contributed by atoms with E-state index < -0.39 is 11.6 Å². The van der Waals surface area contributed by atoms with E-state index in [9.17, 15) is 9.18 Å². The molecule has 0 rings (SSSR count). The molecule has 0 aliphatic heterocycles. The van der Waals surface area contributed by atoms with Gasteiger partial charge in [0.15, 0.2) is 0 Å². The zero-order chi connectivity index (χ0) is 13.3. The fourth-order valence-corrected chi connectivity index (χ4v) is 1.92. The normalized spacial score (nSPS) is 14.3. The lowest BCUT2D eigenvalue weighted by molar-refractivity contribution is -0.134. The van der Waals surface area contributed by atoms with Crippen LogP contribution in [0.15, 0.2) is 12.2 Å². The average molecular weight is 244 g/mol. The summed E-state index contributed by atoms with van der Waals surface area (Å²) in [5.74, 6) is -1.22. The van der Waals surface area contributed by atoms with Crippen molar-refractivity contribution in [3.63, 3.8) is 0 Å². The number of halogens is 1. The highest BCUT2D eigenvalue weighted by molar-refractivity contribution is 5.88.